The van der Waals surface area contributed by atoms with E-state index in [9.17, 15) is 19.2 Å². The summed E-state index contributed by atoms with van der Waals surface area (Å²) in [6.45, 7) is 8.85. The second-order valence-electron chi connectivity index (χ2n) is 11.5. The van der Waals surface area contributed by atoms with Gasteiger partial charge in [-0.1, -0.05) is 37.1 Å². The van der Waals surface area contributed by atoms with Gasteiger partial charge in [0.2, 0.25) is 0 Å². The number of nitrogens with zero attached hydrogens (tertiary/aromatic N) is 3. The first-order valence-electron chi connectivity index (χ1n) is 15.0. The fourth-order valence-electron chi connectivity index (χ4n) is 6.91. The molecule has 7 nitrogen and oxygen atoms in total. The Morgan fingerprint density at radius 3 is 1.36 bits per heavy atom. The van der Waals surface area contributed by atoms with Crippen molar-refractivity contribution in [3.05, 3.63) is 126 Å². The molecule has 2 aliphatic heterocycles. The number of hydrogen-bond donors (Lipinski definition) is 0. The van der Waals surface area contributed by atoms with Gasteiger partial charge in [-0.25, -0.2) is 9.80 Å². The number of carbonyl (C=O) groups excluding carboxylic acids is 4. The van der Waals surface area contributed by atoms with Crippen molar-refractivity contribution in [1.82, 2.24) is 0 Å². The predicted octanol–water partition coefficient (Wildman–Crippen LogP) is 7.28. The molecule has 0 aromatic heterocycles. The lowest BCUT2D eigenvalue weighted by Gasteiger charge is -2.32. The van der Waals surface area contributed by atoms with E-state index >= 15 is 0 Å². The van der Waals surface area contributed by atoms with Crippen molar-refractivity contribution >= 4 is 51.5 Å². The molecule has 218 valence electrons. The van der Waals surface area contributed by atoms with Gasteiger partial charge in [0, 0.05) is 51.8 Å². The Morgan fingerprint density at radius 2 is 0.977 bits per heavy atom. The average Bonchev–Trinajstić information content (AvgIpc) is 3.59. The molecule has 0 N–H and O–H groups in total. The van der Waals surface area contributed by atoms with Crippen molar-refractivity contribution in [1.29, 1.82) is 0 Å². The average molecular weight is 582 g/mol. The third-order valence-corrected chi connectivity index (χ3v) is 9.04. The maximum absolute atomic E-state index is 13.8. The minimum absolute atomic E-state index is 0.277. The van der Waals surface area contributed by atoms with Gasteiger partial charge in [-0.3, -0.25) is 19.2 Å². The summed E-state index contributed by atoms with van der Waals surface area (Å²) >= 11 is 0. The Balaban J connectivity index is 1.25. The van der Waals surface area contributed by atoms with Crippen LogP contribution < -0.4 is 14.7 Å². The zero-order chi connectivity index (χ0) is 30.5. The van der Waals surface area contributed by atoms with Gasteiger partial charge in [0.25, 0.3) is 23.6 Å². The fraction of sp³-hybridized carbons (Fsp3) is 0.189. The lowest BCUT2D eigenvalue weighted by atomic mass is 9.85. The summed E-state index contributed by atoms with van der Waals surface area (Å²) in [5.74, 6) is -1.43. The van der Waals surface area contributed by atoms with E-state index in [1.165, 1.54) is 23.3 Å². The highest BCUT2D eigenvalue weighted by atomic mass is 16.2. The molecular formula is C37H31N3O4. The molecule has 7 heteroatoms. The molecule has 4 aromatic rings. The Bertz CT molecular complexity index is 1800. The molecule has 0 atom stereocenters. The Kier molecular flexibility index (Phi) is 6.73. The molecule has 4 aromatic carbocycles. The van der Waals surface area contributed by atoms with Crippen molar-refractivity contribution in [3.8, 4) is 0 Å². The van der Waals surface area contributed by atoms with E-state index in [-0.39, 0.29) is 11.1 Å². The van der Waals surface area contributed by atoms with Crippen LogP contribution in [0.2, 0.25) is 0 Å². The lowest BCUT2D eigenvalue weighted by Crippen LogP contribution is -2.43. The summed E-state index contributed by atoms with van der Waals surface area (Å²) in [4.78, 5) is 59.7. The summed E-state index contributed by atoms with van der Waals surface area (Å²) in [5, 5.41) is 0.707. The SMILES string of the molecule is C=CCN(CC=C)c1ccc(N2C(=O)c3ccc4c5c(ccc(c35)C2=O)C(=O)N(c2ccc(C3CCCC3)cc2)C4=O)cc1. The molecule has 4 amide bonds. The van der Waals surface area contributed by atoms with Crippen molar-refractivity contribution in [3.63, 3.8) is 0 Å². The molecule has 0 unspecified atom stereocenters. The van der Waals surface area contributed by atoms with Crippen LogP contribution in [-0.4, -0.2) is 36.7 Å². The van der Waals surface area contributed by atoms with Crippen molar-refractivity contribution in [2.24, 2.45) is 0 Å². The summed E-state index contributed by atoms with van der Waals surface area (Å²) in [7, 11) is 0. The van der Waals surface area contributed by atoms with Crippen LogP contribution in [0.3, 0.4) is 0 Å². The van der Waals surface area contributed by atoms with Crippen molar-refractivity contribution in [2.45, 2.75) is 31.6 Å². The minimum Gasteiger partial charge on any atom is -0.364 e. The molecular weight excluding hydrogens is 550 g/mol. The van der Waals surface area contributed by atoms with Crippen molar-refractivity contribution < 1.29 is 19.2 Å². The standard InChI is InChI=1S/C37H31N3O4/c1-3-21-38(22-4-2)25-13-15-27(16-14-25)40-36(43)30-19-17-28-32-29(18-20-31(33(30)32)37(40)44)35(42)39(34(28)41)26-11-9-24(10-12-26)23-7-5-6-8-23/h3-4,9-20,23H,1-2,5-8,21-22H2. The lowest BCUT2D eigenvalue weighted by molar-refractivity contribution is 0.0873. The molecule has 2 heterocycles. The van der Waals surface area contributed by atoms with E-state index < -0.39 is 23.6 Å². The molecule has 7 rings (SSSR count). The Labute approximate surface area is 255 Å². The number of anilines is 3. The van der Waals surface area contributed by atoms with Crippen LogP contribution in [-0.2, 0) is 0 Å². The van der Waals surface area contributed by atoms with Gasteiger partial charge in [-0.15, -0.1) is 13.2 Å². The summed E-state index contributed by atoms with van der Waals surface area (Å²) in [6, 6.07) is 21.2. The second-order valence-corrected chi connectivity index (χ2v) is 11.5. The van der Waals surface area contributed by atoms with E-state index in [2.05, 4.69) is 18.1 Å². The summed E-state index contributed by atoms with van der Waals surface area (Å²) in [6.07, 6.45) is 8.36. The summed E-state index contributed by atoms with van der Waals surface area (Å²) in [5.41, 5.74) is 4.20. The maximum Gasteiger partial charge on any atom is 0.265 e. The predicted molar refractivity (Wildman–Crippen MR) is 173 cm³/mol. The van der Waals surface area contributed by atoms with Crippen LogP contribution >= 0.6 is 0 Å². The number of carbonyl (C=O) groups is 4. The summed E-state index contributed by atoms with van der Waals surface area (Å²) < 4.78 is 0. The van der Waals surface area contributed by atoms with Gasteiger partial charge >= 0.3 is 0 Å². The normalized spacial score (nSPS) is 16.2. The van der Waals surface area contributed by atoms with Crippen molar-refractivity contribution in [2.75, 3.05) is 27.8 Å². The number of imide groups is 2. The smallest absolute Gasteiger partial charge is 0.265 e. The van der Waals surface area contributed by atoms with Gasteiger partial charge in [-0.2, -0.15) is 0 Å². The highest BCUT2D eigenvalue weighted by molar-refractivity contribution is 6.42. The quantitative estimate of drug-likeness (QED) is 0.161. The Hall–Kier alpha value is -5.30. The third kappa shape index (κ3) is 4.19. The first-order chi connectivity index (χ1) is 21.4. The van der Waals surface area contributed by atoms with Gasteiger partial charge in [0.1, 0.15) is 0 Å². The molecule has 1 saturated carbocycles. The molecule has 3 aliphatic rings. The first-order valence-corrected chi connectivity index (χ1v) is 15.0. The zero-order valence-electron chi connectivity index (χ0n) is 24.3. The van der Waals surface area contributed by atoms with E-state index in [0.29, 0.717) is 52.3 Å². The molecule has 1 fully saturated rings. The second kappa shape index (κ2) is 10.8. The third-order valence-electron chi connectivity index (χ3n) is 9.04. The molecule has 44 heavy (non-hydrogen) atoms. The highest BCUT2D eigenvalue weighted by Crippen LogP contribution is 2.41. The van der Waals surface area contributed by atoms with Crippen LogP contribution in [0.4, 0.5) is 17.1 Å². The zero-order valence-corrected chi connectivity index (χ0v) is 24.3. The molecule has 0 saturated heterocycles. The van der Waals surface area contributed by atoms with Crippen LogP contribution in [0.25, 0.3) is 10.8 Å². The van der Waals surface area contributed by atoms with Crippen LogP contribution in [0, 0.1) is 0 Å². The van der Waals surface area contributed by atoms with E-state index in [0.717, 1.165) is 23.4 Å². The van der Waals surface area contributed by atoms with Gasteiger partial charge in [-0.05, 0) is 85.0 Å². The Morgan fingerprint density at radius 1 is 0.591 bits per heavy atom. The van der Waals surface area contributed by atoms with E-state index in [4.69, 9.17) is 0 Å². The minimum atomic E-state index is -0.502. The number of benzene rings is 4. The molecule has 1 aliphatic carbocycles. The number of amides is 4. The van der Waals surface area contributed by atoms with Crippen LogP contribution in [0.1, 0.15) is 78.6 Å². The monoisotopic (exact) mass is 581 g/mol. The number of rotatable bonds is 8. The highest BCUT2D eigenvalue weighted by Gasteiger charge is 2.40. The molecule has 0 radical (unpaired) electrons. The van der Waals surface area contributed by atoms with E-state index in [1.54, 1.807) is 48.6 Å². The maximum atomic E-state index is 13.8. The van der Waals surface area contributed by atoms with Gasteiger partial charge < -0.3 is 4.90 Å². The largest absolute Gasteiger partial charge is 0.364 e. The van der Waals surface area contributed by atoms with Gasteiger partial charge in [0.05, 0.1) is 11.4 Å². The molecule has 0 bridgehead atoms. The molecule has 0 spiro atoms. The topological polar surface area (TPSA) is 78.0 Å². The number of hydrogen-bond acceptors (Lipinski definition) is 5. The first kappa shape index (κ1) is 27.5. The fourth-order valence-corrected chi connectivity index (χ4v) is 6.91. The van der Waals surface area contributed by atoms with Crippen LogP contribution in [0.5, 0.6) is 0 Å². The van der Waals surface area contributed by atoms with Gasteiger partial charge in [0.15, 0.2) is 0 Å². The van der Waals surface area contributed by atoms with E-state index in [1.807, 2.05) is 36.4 Å². The van der Waals surface area contributed by atoms with Crippen LogP contribution in [0.15, 0.2) is 98.1 Å².